The molecule has 0 spiro atoms. The third-order valence-corrected chi connectivity index (χ3v) is 4.37. The smallest absolute Gasteiger partial charge is 0.243 e. The number of hydrogen-bond acceptors (Lipinski definition) is 4. The first-order chi connectivity index (χ1) is 12.0. The van der Waals surface area contributed by atoms with Crippen molar-refractivity contribution in [2.45, 2.75) is 19.5 Å². The Bertz CT molecular complexity index is 703. The van der Waals surface area contributed by atoms with Gasteiger partial charge in [-0.1, -0.05) is 24.3 Å². The summed E-state index contributed by atoms with van der Waals surface area (Å²) in [6.45, 7) is 2.55. The average Bonchev–Trinajstić information content (AvgIpc) is 2.66. The zero-order chi connectivity index (χ0) is 18.4. The SMILES string of the molecule is COc1ccc(CN(C)[C@@H](C)C(=O)N(C)c2ccccc2)cc1OC. The monoisotopic (exact) mass is 342 g/mol. The lowest BCUT2D eigenvalue weighted by Gasteiger charge is -2.28. The summed E-state index contributed by atoms with van der Waals surface area (Å²) in [7, 11) is 6.98. The molecular weight excluding hydrogens is 316 g/mol. The van der Waals surface area contributed by atoms with Crippen molar-refractivity contribution in [1.29, 1.82) is 0 Å². The van der Waals surface area contributed by atoms with Crippen molar-refractivity contribution in [3.63, 3.8) is 0 Å². The molecule has 0 bridgehead atoms. The summed E-state index contributed by atoms with van der Waals surface area (Å²) in [5.41, 5.74) is 1.95. The van der Waals surface area contributed by atoms with E-state index in [4.69, 9.17) is 9.47 Å². The molecule has 0 saturated carbocycles. The fraction of sp³-hybridized carbons (Fsp3) is 0.350. The van der Waals surface area contributed by atoms with Crippen LogP contribution in [0.4, 0.5) is 5.69 Å². The first-order valence-electron chi connectivity index (χ1n) is 8.21. The lowest BCUT2D eigenvalue weighted by Crippen LogP contribution is -2.43. The molecule has 0 N–H and O–H groups in total. The molecule has 0 radical (unpaired) electrons. The van der Waals surface area contributed by atoms with Crippen LogP contribution in [0.1, 0.15) is 12.5 Å². The second-order valence-corrected chi connectivity index (χ2v) is 6.01. The van der Waals surface area contributed by atoms with Crippen molar-refractivity contribution in [2.24, 2.45) is 0 Å². The molecule has 1 amide bonds. The van der Waals surface area contributed by atoms with E-state index in [0.29, 0.717) is 18.0 Å². The zero-order valence-corrected chi connectivity index (χ0v) is 15.5. The van der Waals surface area contributed by atoms with Gasteiger partial charge in [0, 0.05) is 19.3 Å². The molecule has 25 heavy (non-hydrogen) atoms. The molecule has 1 atom stereocenters. The summed E-state index contributed by atoms with van der Waals surface area (Å²) in [6.07, 6.45) is 0. The summed E-state index contributed by atoms with van der Waals surface area (Å²) >= 11 is 0. The van der Waals surface area contributed by atoms with Crippen LogP contribution in [0.15, 0.2) is 48.5 Å². The highest BCUT2D eigenvalue weighted by molar-refractivity contribution is 5.96. The first kappa shape index (κ1) is 18.8. The van der Waals surface area contributed by atoms with Gasteiger partial charge in [0.05, 0.1) is 20.3 Å². The molecule has 0 heterocycles. The summed E-state index contributed by atoms with van der Waals surface area (Å²) in [6, 6.07) is 15.2. The molecule has 5 nitrogen and oxygen atoms in total. The molecular formula is C20H26N2O3. The van der Waals surface area contributed by atoms with Gasteiger partial charge in [0.25, 0.3) is 0 Å². The van der Waals surface area contributed by atoms with E-state index in [2.05, 4.69) is 0 Å². The van der Waals surface area contributed by atoms with Gasteiger partial charge in [-0.25, -0.2) is 0 Å². The summed E-state index contributed by atoms with van der Waals surface area (Å²) in [5, 5.41) is 0. The molecule has 0 aromatic heterocycles. The van der Waals surface area contributed by atoms with Crippen molar-refractivity contribution >= 4 is 11.6 Å². The van der Waals surface area contributed by atoms with Crippen LogP contribution >= 0.6 is 0 Å². The number of carbonyl (C=O) groups is 1. The number of carbonyl (C=O) groups excluding carboxylic acids is 1. The molecule has 0 fully saturated rings. The van der Waals surface area contributed by atoms with Gasteiger partial charge in [-0.2, -0.15) is 0 Å². The number of hydrogen-bond donors (Lipinski definition) is 0. The molecule has 2 aromatic carbocycles. The van der Waals surface area contributed by atoms with Gasteiger partial charge >= 0.3 is 0 Å². The number of rotatable bonds is 7. The van der Waals surface area contributed by atoms with Crippen LogP contribution in [0.25, 0.3) is 0 Å². The van der Waals surface area contributed by atoms with Crippen molar-refractivity contribution < 1.29 is 14.3 Å². The van der Waals surface area contributed by atoms with Gasteiger partial charge in [0.15, 0.2) is 11.5 Å². The van der Waals surface area contributed by atoms with E-state index in [1.165, 1.54) is 0 Å². The van der Waals surface area contributed by atoms with E-state index in [-0.39, 0.29) is 11.9 Å². The Morgan fingerprint density at radius 3 is 2.24 bits per heavy atom. The average molecular weight is 342 g/mol. The lowest BCUT2D eigenvalue weighted by molar-refractivity contribution is -0.122. The third-order valence-electron chi connectivity index (χ3n) is 4.37. The topological polar surface area (TPSA) is 42.0 Å². The minimum absolute atomic E-state index is 0.0502. The number of anilines is 1. The van der Waals surface area contributed by atoms with E-state index in [1.54, 1.807) is 26.2 Å². The van der Waals surface area contributed by atoms with E-state index < -0.39 is 0 Å². The van der Waals surface area contributed by atoms with E-state index >= 15 is 0 Å². The fourth-order valence-electron chi connectivity index (χ4n) is 2.65. The van der Waals surface area contributed by atoms with Crippen molar-refractivity contribution in [2.75, 3.05) is 33.2 Å². The Morgan fingerprint density at radius 1 is 1.00 bits per heavy atom. The van der Waals surface area contributed by atoms with Crippen LogP contribution in [0.2, 0.25) is 0 Å². The van der Waals surface area contributed by atoms with Crippen LogP contribution in [-0.4, -0.2) is 45.2 Å². The minimum atomic E-state index is -0.252. The van der Waals surface area contributed by atoms with Crippen LogP contribution in [0.5, 0.6) is 11.5 Å². The summed E-state index contributed by atoms with van der Waals surface area (Å²) in [5.74, 6) is 1.43. The quantitative estimate of drug-likeness (QED) is 0.775. The Morgan fingerprint density at radius 2 is 1.64 bits per heavy atom. The number of amides is 1. The Labute approximate surface area is 149 Å². The van der Waals surface area contributed by atoms with Gasteiger partial charge in [-0.05, 0) is 43.8 Å². The Hall–Kier alpha value is -2.53. The number of nitrogens with zero attached hydrogens (tertiary/aromatic N) is 2. The van der Waals surface area contributed by atoms with Gasteiger partial charge in [-0.3, -0.25) is 9.69 Å². The standard InChI is InChI=1S/C20H26N2O3/c1-15(20(23)22(3)17-9-7-6-8-10-17)21(2)14-16-11-12-18(24-4)19(13-16)25-5/h6-13,15H,14H2,1-5H3/t15-/m0/s1. The second-order valence-electron chi connectivity index (χ2n) is 6.01. The van der Waals surface area contributed by atoms with Crippen molar-refractivity contribution in [3.05, 3.63) is 54.1 Å². The molecule has 0 saturated heterocycles. The summed E-state index contributed by atoms with van der Waals surface area (Å²) in [4.78, 5) is 16.4. The predicted octanol–water partition coefficient (Wildman–Crippen LogP) is 3.19. The summed E-state index contributed by atoms with van der Waals surface area (Å²) < 4.78 is 10.6. The highest BCUT2D eigenvalue weighted by atomic mass is 16.5. The van der Waals surface area contributed by atoms with Crippen molar-refractivity contribution in [3.8, 4) is 11.5 Å². The highest BCUT2D eigenvalue weighted by Crippen LogP contribution is 2.28. The molecule has 2 rings (SSSR count). The van der Waals surface area contributed by atoms with Gasteiger partial charge < -0.3 is 14.4 Å². The molecule has 5 heteroatoms. The first-order valence-corrected chi connectivity index (χ1v) is 8.21. The third kappa shape index (κ3) is 4.51. The fourth-order valence-corrected chi connectivity index (χ4v) is 2.65. The van der Waals surface area contributed by atoms with E-state index in [0.717, 1.165) is 11.3 Å². The van der Waals surface area contributed by atoms with Crippen LogP contribution in [0, 0.1) is 0 Å². The van der Waals surface area contributed by atoms with E-state index in [1.807, 2.05) is 67.4 Å². The minimum Gasteiger partial charge on any atom is -0.493 e. The van der Waals surface area contributed by atoms with Crippen molar-refractivity contribution in [1.82, 2.24) is 4.90 Å². The normalized spacial score (nSPS) is 11.9. The number of methoxy groups -OCH3 is 2. The maximum Gasteiger partial charge on any atom is 0.243 e. The maximum absolute atomic E-state index is 12.7. The molecule has 0 aliphatic carbocycles. The number of likely N-dealkylation sites (N-methyl/N-ethyl adjacent to an activating group) is 2. The predicted molar refractivity (Wildman–Crippen MR) is 100 cm³/mol. The molecule has 0 aliphatic rings. The zero-order valence-electron chi connectivity index (χ0n) is 15.5. The lowest BCUT2D eigenvalue weighted by atomic mass is 10.1. The Kier molecular flexibility index (Phi) is 6.42. The number of para-hydroxylation sites is 1. The largest absolute Gasteiger partial charge is 0.493 e. The van der Waals surface area contributed by atoms with Gasteiger partial charge in [0.2, 0.25) is 5.91 Å². The number of benzene rings is 2. The van der Waals surface area contributed by atoms with E-state index in [9.17, 15) is 4.79 Å². The van der Waals surface area contributed by atoms with Crippen LogP contribution in [0.3, 0.4) is 0 Å². The molecule has 2 aromatic rings. The molecule has 134 valence electrons. The highest BCUT2D eigenvalue weighted by Gasteiger charge is 2.22. The number of ether oxygens (including phenoxy) is 2. The maximum atomic E-state index is 12.7. The van der Waals surface area contributed by atoms with Gasteiger partial charge in [-0.15, -0.1) is 0 Å². The van der Waals surface area contributed by atoms with Gasteiger partial charge in [0.1, 0.15) is 0 Å². The van der Waals surface area contributed by atoms with Crippen LogP contribution < -0.4 is 14.4 Å². The Balaban J connectivity index is 2.07. The molecule has 0 unspecified atom stereocenters. The molecule has 0 aliphatic heterocycles. The van der Waals surface area contributed by atoms with Crippen LogP contribution in [-0.2, 0) is 11.3 Å². The second kappa shape index (κ2) is 8.53.